The average molecular weight is 279 g/mol. The van der Waals surface area contributed by atoms with Gasteiger partial charge in [0.25, 0.3) is 5.97 Å². The van der Waals surface area contributed by atoms with Crippen molar-refractivity contribution in [1.29, 1.82) is 0 Å². The van der Waals surface area contributed by atoms with Crippen LogP contribution in [0.4, 0.5) is 0 Å². The van der Waals surface area contributed by atoms with Gasteiger partial charge in [0, 0.05) is 11.8 Å². The molecule has 0 aromatic heterocycles. The quantitative estimate of drug-likeness (QED) is 0.585. The Morgan fingerprint density at radius 3 is 2.87 bits per heavy atom. The van der Waals surface area contributed by atoms with Gasteiger partial charge in [-0.2, -0.15) is 0 Å². The van der Waals surface area contributed by atoms with Gasteiger partial charge in [-0.25, -0.2) is 0 Å². The fourth-order valence-electron chi connectivity index (χ4n) is 2.10. The maximum Gasteiger partial charge on any atom is 0.283 e. The predicted octanol–water partition coefficient (Wildman–Crippen LogP) is 2.82. The number of ether oxygens (including phenoxy) is 3. The Balaban J connectivity index is 1.73. The van der Waals surface area contributed by atoms with Crippen molar-refractivity contribution in [1.82, 2.24) is 0 Å². The molecule has 2 atom stereocenters. The van der Waals surface area contributed by atoms with Gasteiger partial charge >= 0.3 is 0 Å². The highest BCUT2D eigenvalue weighted by atomic mass is 79.9. The molecule has 4 heteroatoms. The highest BCUT2D eigenvalue weighted by Gasteiger charge is 2.43. The molecular formula is C11H19BrO3. The van der Waals surface area contributed by atoms with E-state index in [2.05, 4.69) is 15.9 Å². The van der Waals surface area contributed by atoms with E-state index in [0.717, 1.165) is 37.6 Å². The minimum atomic E-state index is -0.669. The zero-order valence-electron chi connectivity index (χ0n) is 9.04. The van der Waals surface area contributed by atoms with E-state index in [1.807, 2.05) is 0 Å². The van der Waals surface area contributed by atoms with Crippen LogP contribution in [0.5, 0.6) is 0 Å². The highest BCUT2D eigenvalue weighted by Crippen LogP contribution is 2.34. The molecule has 0 N–H and O–H groups in total. The van der Waals surface area contributed by atoms with Gasteiger partial charge in [0.15, 0.2) is 0 Å². The van der Waals surface area contributed by atoms with Gasteiger partial charge in [-0.3, -0.25) is 0 Å². The Hall–Kier alpha value is 0.360. The fraction of sp³-hybridized carbons (Fsp3) is 1.00. The lowest BCUT2D eigenvalue weighted by molar-refractivity contribution is -0.351. The number of rotatable bonds is 4. The van der Waals surface area contributed by atoms with Crippen LogP contribution in [0.2, 0.25) is 0 Å². The molecule has 15 heavy (non-hydrogen) atoms. The monoisotopic (exact) mass is 278 g/mol. The third-order valence-corrected chi connectivity index (χ3v) is 3.51. The molecule has 0 aromatic rings. The van der Waals surface area contributed by atoms with Crippen LogP contribution in [-0.2, 0) is 14.2 Å². The van der Waals surface area contributed by atoms with Crippen molar-refractivity contribution in [3.63, 3.8) is 0 Å². The van der Waals surface area contributed by atoms with Crippen LogP contribution in [0.1, 0.15) is 38.5 Å². The summed E-state index contributed by atoms with van der Waals surface area (Å²) in [5.74, 6) is -0.669. The normalized spacial score (nSPS) is 36.2. The lowest BCUT2D eigenvalue weighted by atomic mass is 10.1. The summed E-state index contributed by atoms with van der Waals surface area (Å²) < 4.78 is 17.2. The van der Waals surface area contributed by atoms with Crippen LogP contribution in [0.25, 0.3) is 0 Å². The van der Waals surface area contributed by atoms with Gasteiger partial charge < -0.3 is 14.2 Å². The molecule has 0 bridgehead atoms. The zero-order valence-corrected chi connectivity index (χ0v) is 10.6. The van der Waals surface area contributed by atoms with E-state index in [1.165, 1.54) is 12.8 Å². The van der Waals surface area contributed by atoms with Crippen LogP contribution < -0.4 is 0 Å². The van der Waals surface area contributed by atoms with Crippen molar-refractivity contribution >= 4 is 15.9 Å². The Bertz CT molecular complexity index is 190. The third-order valence-electron chi connectivity index (χ3n) is 2.94. The van der Waals surface area contributed by atoms with Crippen LogP contribution in [0.15, 0.2) is 0 Å². The maximum absolute atomic E-state index is 5.88. The van der Waals surface area contributed by atoms with Gasteiger partial charge in [-0.1, -0.05) is 15.9 Å². The molecule has 0 saturated carbocycles. The summed E-state index contributed by atoms with van der Waals surface area (Å²) in [4.78, 5) is 0. The Morgan fingerprint density at radius 2 is 2.13 bits per heavy atom. The number of halogens is 1. The number of unbranched alkanes of at least 4 members (excludes halogenated alkanes) is 1. The third kappa shape index (κ3) is 3.16. The first-order chi connectivity index (χ1) is 7.35. The molecule has 88 valence electrons. The van der Waals surface area contributed by atoms with Crippen molar-refractivity contribution in [2.24, 2.45) is 0 Å². The first-order valence-electron chi connectivity index (χ1n) is 5.86. The fourth-order valence-corrected chi connectivity index (χ4v) is 2.50. The molecule has 2 fully saturated rings. The molecular weight excluding hydrogens is 260 g/mol. The second-order valence-electron chi connectivity index (χ2n) is 4.22. The SMILES string of the molecule is BrCCCCC1COC2(CCCCO2)O1. The predicted molar refractivity (Wildman–Crippen MR) is 61.0 cm³/mol. The summed E-state index contributed by atoms with van der Waals surface area (Å²) in [5.41, 5.74) is 0. The number of hydrogen-bond acceptors (Lipinski definition) is 3. The zero-order chi connectivity index (χ0) is 10.6. The lowest BCUT2D eigenvalue weighted by Crippen LogP contribution is -2.37. The highest BCUT2D eigenvalue weighted by molar-refractivity contribution is 9.09. The summed E-state index contributed by atoms with van der Waals surface area (Å²) in [5, 5.41) is 1.07. The van der Waals surface area contributed by atoms with Crippen molar-refractivity contribution in [2.75, 3.05) is 18.5 Å². The van der Waals surface area contributed by atoms with E-state index < -0.39 is 5.97 Å². The van der Waals surface area contributed by atoms with Crippen molar-refractivity contribution in [3.05, 3.63) is 0 Å². The van der Waals surface area contributed by atoms with Gasteiger partial charge in [0.05, 0.1) is 19.3 Å². The largest absolute Gasteiger partial charge is 0.327 e. The molecule has 2 heterocycles. The van der Waals surface area contributed by atoms with Gasteiger partial charge in [0.1, 0.15) is 0 Å². The first kappa shape index (κ1) is 11.8. The second-order valence-corrected chi connectivity index (χ2v) is 5.02. The molecule has 0 radical (unpaired) electrons. The van der Waals surface area contributed by atoms with E-state index in [-0.39, 0.29) is 6.10 Å². The molecule has 3 nitrogen and oxygen atoms in total. The molecule has 2 rings (SSSR count). The summed E-state index contributed by atoms with van der Waals surface area (Å²) in [6.07, 6.45) is 6.88. The van der Waals surface area contributed by atoms with E-state index in [4.69, 9.17) is 14.2 Å². The standard InChI is InChI=1S/C11H19BrO3/c12-7-3-1-5-10-9-14-11(15-10)6-2-4-8-13-11/h10H,1-9H2. The molecule has 0 aliphatic carbocycles. The van der Waals surface area contributed by atoms with E-state index >= 15 is 0 Å². The summed E-state index contributed by atoms with van der Waals surface area (Å²) in [6.45, 7) is 1.47. The Morgan fingerprint density at radius 1 is 1.20 bits per heavy atom. The molecule has 0 amide bonds. The minimum absolute atomic E-state index is 0.238. The summed E-state index contributed by atoms with van der Waals surface area (Å²) >= 11 is 3.43. The van der Waals surface area contributed by atoms with E-state index in [9.17, 15) is 0 Å². The smallest absolute Gasteiger partial charge is 0.283 e. The second kappa shape index (κ2) is 5.62. The average Bonchev–Trinajstić information content (AvgIpc) is 2.63. The van der Waals surface area contributed by atoms with Crippen LogP contribution in [-0.4, -0.2) is 30.6 Å². The molecule has 2 aliphatic heterocycles. The first-order valence-corrected chi connectivity index (χ1v) is 6.98. The molecule has 2 unspecified atom stereocenters. The van der Waals surface area contributed by atoms with Crippen molar-refractivity contribution < 1.29 is 14.2 Å². The molecule has 2 saturated heterocycles. The van der Waals surface area contributed by atoms with Gasteiger partial charge in [0.2, 0.25) is 0 Å². The van der Waals surface area contributed by atoms with Crippen LogP contribution >= 0.6 is 15.9 Å². The molecule has 2 aliphatic rings. The number of hydrogen-bond donors (Lipinski definition) is 0. The Kier molecular flexibility index (Phi) is 4.43. The lowest BCUT2D eigenvalue weighted by Gasteiger charge is -2.31. The van der Waals surface area contributed by atoms with Crippen LogP contribution in [0.3, 0.4) is 0 Å². The van der Waals surface area contributed by atoms with E-state index in [1.54, 1.807) is 0 Å². The number of alkyl halides is 1. The van der Waals surface area contributed by atoms with Crippen LogP contribution in [0, 0.1) is 0 Å². The summed E-state index contributed by atoms with van der Waals surface area (Å²) in [6, 6.07) is 0. The molecule has 0 aromatic carbocycles. The van der Waals surface area contributed by atoms with Gasteiger partial charge in [-0.05, 0) is 32.1 Å². The van der Waals surface area contributed by atoms with Gasteiger partial charge in [-0.15, -0.1) is 0 Å². The Labute approximate surface area is 99.6 Å². The maximum atomic E-state index is 5.88. The summed E-state index contributed by atoms with van der Waals surface area (Å²) in [7, 11) is 0. The van der Waals surface area contributed by atoms with Crippen molar-refractivity contribution in [2.45, 2.75) is 50.6 Å². The van der Waals surface area contributed by atoms with E-state index in [0.29, 0.717) is 6.61 Å². The topological polar surface area (TPSA) is 27.7 Å². The van der Waals surface area contributed by atoms with Crippen molar-refractivity contribution in [3.8, 4) is 0 Å². The minimum Gasteiger partial charge on any atom is -0.327 e. The molecule has 1 spiro atoms.